The molecule has 2 aromatic rings. The Bertz CT molecular complexity index is 694. The van der Waals surface area contributed by atoms with Gasteiger partial charge in [-0.3, -0.25) is 4.79 Å². The molecule has 0 saturated carbocycles. The van der Waals surface area contributed by atoms with Gasteiger partial charge in [-0.2, -0.15) is 5.10 Å². The molecule has 6 nitrogen and oxygen atoms in total. The van der Waals surface area contributed by atoms with Crippen LogP contribution in [0.15, 0.2) is 36.7 Å². The predicted octanol–water partition coefficient (Wildman–Crippen LogP) is 1.30. The van der Waals surface area contributed by atoms with Crippen LogP contribution >= 0.6 is 0 Å². The molecule has 23 heavy (non-hydrogen) atoms. The maximum atomic E-state index is 12.4. The standard InChI is InChI=1S/C17H21N5O/c23-15(19-17-7-4-9-21(12-17)10-8-17)11-22-13-18-16(20-22)14-5-2-1-3-6-14/h1-3,5-6,13H,4,7-12H2,(H,19,23). The van der Waals surface area contributed by atoms with Crippen LogP contribution in [0.1, 0.15) is 19.3 Å². The molecule has 2 aliphatic rings. The van der Waals surface area contributed by atoms with Gasteiger partial charge in [0.25, 0.3) is 0 Å². The highest BCUT2D eigenvalue weighted by Crippen LogP contribution is 2.31. The van der Waals surface area contributed by atoms with Gasteiger partial charge in [-0.25, -0.2) is 9.67 Å². The fourth-order valence-electron chi connectivity index (χ4n) is 3.73. The van der Waals surface area contributed by atoms with Crippen molar-refractivity contribution in [1.29, 1.82) is 0 Å². The summed E-state index contributed by atoms with van der Waals surface area (Å²) in [6, 6.07) is 9.80. The SMILES string of the molecule is O=C(Cn1cnc(-c2ccccc2)n1)NC12CCCN(CC1)C2. The summed E-state index contributed by atoms with van der Waals surface area (Å²) in [6.45, 7) is 3.48. The summed E-state index contributed by atoms with van der Waals surface area (Å²) in [6.07, 6.45) is 4.94. The van der Waals surface area contributed by atoms with Crippen molar-refractivity contribution in [2.75, 3.05) is 19.6 Å². The topological polar surface area (TPSA) is 63.1 Å². The lowest BCUT2D eigenvalue weighted by molar-refractivity contribution is -0.124. The number of carbonyl (C=O) groups is 1. The third-order valence-electron chi connectivity index (χ3n) is 4.84. The van der Waals surface area contributed by atoms with Gasteiger partial charge in [-0.05, 0) is 25.8 Å². The Labute approximate surface area is 135 Å². The number of nitrogens with zero attached hydrogens (tertiary/aromatic N) is 4. The van der Waals surface area contributed by atoms with Crippen molar-refractivity contribution in [1.82, 2.24) is 25.0 Å². The Kier molecular flexibility index (Phi) is 3.61. The zero-order valence-corrected chi connectivity index (χ0v) is 13.1. The average Bonchev–Trinajstić information content (AvgIpc) is 3.13. The predicted molar refractivity (Wildman–Crippen MR) is 86.6 cm³/mol. The minimum atomic E-state index is -0.0157. The maximum absolute atomic E-state index is 12.4. The Morgan fingerprint density at radius 3 is 2.96 bits per heavy atom. The van der Waals surface area contributed by atoms with E-state index in [4.69, 9.17) is 0 Å². The normalized spacial score (nSPS) is 26.2. The van der Waals surface area contributed by atoms with Gasteiger partial charge in [-0.1, -0.05) is 30.3 Å². The van der Waals surface area contributed by atoms with E-state index in [-0.39, 0.29) is 18.0 Å². The van der Waals surface area contributed by atoms with Crippen molar-refractivity contribution in [2.24, 2.45) is 0 Å². The average molecular weight is 311 g/mol. The third-order valence-corrected chi connectivity index (χ3v) is 4.84. The van der Waals surface area contributed by atoms with E-state index in [1.807, 2.05) is 30.3 Å². The van der Waals surface area contributed by atoms with Crippen LogP contribution in [0.4, 0.5) is 0 Å². The summed E-state index contributed by atoms with van der Waals surface area (Å²) in [7, 11) is 0. The maximum Gasteiger partial charge on any atom is 0.242 e. The molecule has 1 aromatic heterocycles. The molecular weight excluding hydrogens is 290 g/mol. The summed E-state index contributed by atoms with van der Waals surface area (Å²) < 4.78 is 1.61. The monoisotopic (exact) mass is 311 g/mol. The van der Waals surface area contributed by atoms with Gasteiger partial charge in [0.05, 0.1) is 5.54 Å². The molecule has 3 heterocycles. The van der Waals surface area contributed by atoms with Crippen molar-refractivity contribution in [3.8, 4) is 11.4 Å². The molecule has 1 aromatic carbocycles. The number of piperidine rings is 1. The molecule has 2 atom stereocenters. The van der Waals surface area contributed by atoms with E-state index in [1.165, 1.54) is 13.0 Å². The summed E-state index contributed by atoms with van der Waals surface area (Å²) in [5, 5.41) is 7.66. The molecule has 0 spiro atoms. The summed E-state index contributed by atoms with van der Waals surface area (Å²) in [5.41, 5.74) is 0.946. The number of carbonyl (C=O) groups excluding carboxylic acids is 1. The molecule has 4 rings (SSSR count). The van der Waals surface area contributed by atoms with Gasteiger partial charge < -0.3 is 10.2 Å². The molecular formula is C17H21N5O. The molecule has 2 aliphatic heterocycles. The van der Waals surface area contributed by atoms with Crippen molar-refractivity contribution in [3.63, 3.8) is 0 Å². The van der Waals surface area contributed by atoms with E-state index in [9.17, 15) is 4.79 Å². The second kappa shape index (κ2) is 5.77. The van der Waals surface area contributed by atoms with Gasteiger partial charge >= 0.3 is 0 Å². The molecule has 2 bridgehead atoms. The summed E-state index contributed by atoms with van der Waals surface area (Å²) in [4.78, 5) is 19.1. The largest absolute Gasteiger partial charge is 0.348 e. The smallest absolute Gasteiger partial charge is 0.242 e. The number of hydrogen-bond donors (Lipinski definition) is 1. The lowest BCUT2D eigenvalue weighted by Crippen LogP contribution is -2.53. The van der Waals surface area contributed by atoms with E-state index in [1.54, 1.807) is 11.0 Å². The zero-order chi connectivity index (χ0) is 15.7. The number of benzene rings is 1. The Morgan fingerprint density at radius 1 is 1.22 bits per heavy atom. The molecule has 6 heteroatoms. The number of aromatic nitrogens is 3. The minimum absolute atomic E-state index is 0.0157. The molecule has 1 amide bonds. The molecule has 2 fully saturated rings. The number of amides is 1. The molecule has 0 radical (unpaired) electrons. The molecule has 0 aliphatic carbocycles. The quantitative estimate of drug-likeness (QED) is 0.924. The van der Waals surface area contributed by atoms with Crippen LogP contribution in [-0.2, 0) is 11.3 Å². The van der Waals surface area contributed by atoms with E-state index >= 15 is 0 Å². The van der Waals surface area contributed by atoms with Crippen LogP contribution in [0, 0.1) is 0 Å². The lowest BCUT2D eigenvalue weighted by Gasteiger charge is -2.34. The van der Waals surface area contributed by atoms with Gasteiger partial charge in [0.2, 0.25) is 5.91 Å². The minimum Gasteiger partial charge on any atom is -0.348 e. The van der Waals surface area contributed by atoms with E-state index in [0.717, 1.165) is 31.5 Å². The molecule has 2 saturated heterocycles. The fourth-order valence-corrected chi connectivity index (χ4v) is 3.73. The number of rotatable bonds is 4. The zero-order valence-electron chi connectivity index (χ0n) is 13.1. The Morgan fingerprint density at radius 2 is 2.09 bits per heavy atom. The van der Waals surface area contributed by atoms with Crippen LogP contribution in [0.3, 0.4) is 0 Å². The second-order valence-electron chi connectivity index (χ2n) is 6.59. The number of fused-ring (bicyclic) bond motifs is 2. The highest BCUT2D eigenvalue weighted by Gasteiger charge is 2.41. The van der Waals surface area contributed by atoms with E-state index in [2.05, 4.69) is 20.3 Å². The molecule has 1 N–H and O–H groups in total. The highest BCUT2D eigenvalue weighted by molar-refractivity contribution is 5.76. The number of nitrogens with one attached hydrogen (secondary N) is 1. The van der Waals surface area contributed by atoms with Gasteiger partial charge in [0.1, 0.15) is 12.9 Å². The fraction of sp³-hybridized carbons (Fsp3) is 0.471. The second-order valence-corrected chi connectivity index (χ2v) is 6.59. The Balaban J connectivity index is 1.40. The lowest BCUT2D eigenvalue weighted by atomic mass is 9.90. The first-order valence-corrected chi connectivity index (χ1v) is 8.21. The van der Waals surface area contributed by atoms with Crippen LogP contribution < -0.4 is 5.32 Å². The van der Waals surface area contributed by atoms with Crippen molar-refractivity contribution >= 4 is 5.91 Å². The highest BCUT2D eigenvalue weighted by atomic mass is 16.2. The van der Waals surface area contributed by atoms with Crippen LogP contribution in [0.5, 0.6) is 0 Å². The van der Waals surface area contributed by atoms with E-state index < -0.39 is 0 Å². The van der Waals surface area contributed by atoms with Crippen molar-refractivity contribution < 1.29 is 4.79 Å². The van der Waals surface area contributed by atoms with Gasteiger partial charge in [0, 0.05) is 18.7 Å². The van der Waals surface area contributed by atoms with E-state index in [0.29, 0.717) is 5.82 Å². The van der Waals surface area contributed by atoms with Crippen molar-refractivity contribution in [2.45, 2.75) is 31.3 Å². The number of hydrogen-bond acceptors (Lipinski definition) is 4. The Hall–Kier alpha value is -2.21. The summed E-state index contributed by atoms with van der Waals surface area (Å²) >= 11 is 0. The van der Waals surface area contributed by atoms with Gasteiger partial charge in [-0.15, -0.1) is 0 Å². The molecule has 2 unspecified atom stereocenters. The first-order chi connectivity index (χ1) is 11.2. The third kappa shape index (κ3) is 2.99. The summed E-state index contributed by atoms with van der Waals surface area (Å²) in [5.74, 6) is 0.680. The van der Waals surface area contributed by atoms with Gasteiger partial charge in [0.15, 0.2) is 5.82 Å². The van der Waals surface area contributed by atoms with Crippen molar-refractivity contribution in [3.05, 3.63) is 36.7 Å². The first-order valence-electron chi connectivity index (χ1n) is 8.21. The first kappa shape index (κ1) is 14.4. The van der Waals surface area contributed by atoms with Crippen LogP contribution in [0.2, 0.25) is 0 Å². The molecule has 120 valence electrons. The van der Waals surface area contributed by atoms with Crippen LogP contribution in [0.25, 0.3) is 11.4 Å². The van der Waals surface area contributed by atoms with Crippen LogP contribution in [-0.4, -0.2) is 50.7 Å².